The monoisotopic (exact) mass is 975 g/mol. The Kier molecular flexibility index (Phi) is 55.3. The molecule has 0 aliphatic heterocycles. The van der Waals surface area contributed by atoms with Gasteiger partial charge in [-0.15, -0.1) is 0 Å². The lowest BCUT2D eigenvalue weighted by molar-refractivity contribution is -0.167. The fraction of sp³-hybridized carbons (Fsp3) is 0.734. The molecule has 0 aliphatic carbocycles. The lowest BCUT2D eigenvalue weighted by atomic mass is 10.1. The first kappa shape index (κ1) is 66.6. The van der Waals surface area contributed by atoms with Crippen LogP contribution in [0.15, 0.2) is 85.1 Å². The van der Waals surface area contributed by atoms with E-state index >= 15 is 0 Å². The number of ether oxygens (including phenoxy) is 3. The molecule has 0 aliphatic rings. The van der Waals surface area contributed by atoms with E-state index in [0.717, 1.165) is 103 Å². The van der Waals surface area contributed by atoms with Crippen molar-refractivity contribution in [2.75, 3.05) is 13.2 Å². The highest BCUT2D eigenvalue weighted by Gasteiger charge is 2.19. The van der Waals surface area contributed by atoms with E-state index in [-0.39, 0.29) is 31.1 Å². The molecule has 0 heterocycles. The molecule has 1 unspecified atom stereocenters. The molecule has 0 aromatic heterocycles. The largest absolute Gasteiger partial charge is 0.462 e. The Morgan fingerprint density at radius 1 is 0.300 bits per heavy atom. The van der Waals surface area contributed by atoms with Crippen LogP contribution in [0.25, 0.3) is 0 Å². The molecule has 6 heteroatoms. The van der Waals surface area contributed by atoms with Crippen LogP contribution < -0.4 is 0 Å². The first-order chi connectivity index (χ1) is 34.5. The minimum atomic E-state index is -0.786. The molecular formula is C64H110O6. The van der Waals surface area contributed by atoms with Crippen LogP contribution in [-0.2, 0) is 28.6 Å². The molecule has 70 heavy (non-hydrogen) atoms. The number of rotatable bonds is 53. The number of allylic oxidation sites excluding steroid dienone is 14. The normalized spacial score (nSPS) is 12.7. The van der Waals surface area contributed by atoms with Gasteiger partial charge in [-0.05, 0) is 109 Å². The summed E-state index contributed by atoms with van der Waals surface area (Å²) in [5.41, 5.74) is 0. The minimum Gasteiger partial charge on any atom is -0.462 e. The molecule has 0 aromatic carbocycles. The first-order valence-corrected chi connectivity index (χ1v) is 29.6. The second kappa shape index (κ2) is 58.2. The highest BCUT2D eigenvalue weighted by molar-refractivity contribution is 5.71. The molecule has 0 amide bonds. The number of hydrogen-bond acceptors (Lipinski definition) is 6. The van der Waals surface area contributed by atoms with Gasteiger partial charge in [-0.25, -0.2) is 0 Å². The standard InChI is InChI=1S/C64H110O6/c1-4-7-10-13-16-19-22-24-26-28-30-31-32-33-34-36-37-39-42-45-48-51-54-57-63(66)69-60-61(59-68-62(65)56-53-50-47-44-41-21-18-15-12-9-6-3)70-64(67)58-55-52-49-46-43-40-38-35-29-27-25-23-20-17-14-11-8-5-2/h7,10,15-16,18-20,23-24,26-27,29-31,61H,4-6,8-9,11-14,17,21-22,25,28,32-60H2,1-3H3/b10-7-,18-15-,19-16-,23-20-,26-24-,29-27-,31-30-. The molecule has 0 bridgehead atoms. The molecule has 0 spiro atoms. The number of hydrogen-bond donors (Lipinski definition) is 0. The van der Waals surface area contributed by atoms with E-state index in [1.807, 2.05) is 0 Å². The summed E-state index contributed by atoms with van der Waals surface area (Å²) < 4.78 is 16.9. The summed E-state index contributed by atoms with van der Waals surface area (Å²) in [6.45, 7) is 6.47. The van der Waals surface area contributed by atoms with E-state index in [2.05, 4.69) is 106 Å². The molecule has 0 aromatic rings. The predicted molar refractivity (Wildman–Crippen MR) is 302 cm³/mol. The van der Waals surface area contributed by atoms with Crippen LogP contribution in [0.1, 0.15) is 284 Å². The van der Waals surface area contributed by atoms with Gasteiger partial charge >= 0.3 is 17.9 Å². The number of carbonyl (C=O) groups is 3. The van der Waals surface area contributed by atoms with Gasteiger partial charge < -0.3 is 14.2 Å². The summed E-state index contributed by atoms with van der Waals surface area (Å²) in [6, 6.07) is 0. The lowest BCUT2D eigenvalue weighted by Gasteiger charge is -2.18. The van der Waals surface area contributed by atoms with Gasteiger partial charge in [0.25, 0.3) is 0 Å². The fourth-order valence-corrected chi connectivity index (χ4v) is 8.15. The Labute approximate surface area is 433 Å². The Morgan fingerprint density at radius 3 is 0.929 bits per heavy atom. The Bertz CT molecular complexity index is 1350. The third-order valence-electron chi connectivity index (χ3n) is 12.6. The number of esters is 3. The van der Waals surface area contributed by atoms with Crippen molar-refractivity contribution in [3.05, 3.63) is 85.1 Å². The topological polar surface area (TPSA) is 78.9 Å². The van der Waals surface area contributed by atoms with Gasteiger partial charge in [-0.2, -0.15) is 0 Å². The van der Waals surface area contributed by atoms with Crippen LogP contribution in [0.4, 0.5) is 0 Å². The van der Waals surface area contributed by atoms with Gasteiger partial charge in [0.1, 0.15) is 13.2 Å². The van der Waals surface area contributed by atoms with E-state index in [1.54, 1.807) is 0 Å². The second-order valence-electron chi connectivity index (χ2n) is 19.5. The van der Waals surface area contributed by atoms with Crippen LogP contribution in [0.3, 0.4) is 0 Å². The third-order valence-corrected chi connectivity index (χ3v) is 12.6. The second-order valence-corrected chi connectivity index (χ2v) is 19.5. The molecule has 0 fully saturated rings. The molecule has 402 valence electrons. The van der Waals surface area contributed by atoms with Crippen molar-refractivity contribution in [2.45, 2.75) is 290 Å². The van der Waals surface area contributed by atoms with E-state index in [0.29, 0.717) is 19.3 Å². The molecule has 0 radical (unpaired) electrons. The average molecular weight is 976 g/mol. The minimum absolute atomic E-state index is 0.0841. The van der Waals surface area contributed by atoms with Gasteiger partial charge in [0.2, 0.25) is 0 Å². The molecule has 0 rings (SSSR count). The van der Waals surface area contributed by atoms with Crippen molar-refractivity contribution in [1.82, 2.24) is 0 Å². The van der Waals surface area contributed by atoms with Gasteiger partial charge in [-0.1, -0.05) is 241 Å². The zero-order valence-electron chi connectivity index (χ0n) is 46.0. The zero-order valence-corrected chi connectivity index (χ0v) is 46.0. The highest BCUT2D eigenvalue weighted by Crippen LogP contribution is 2.15. The number of unbranched alkanes of at least 4 members (excludes halogenated alkanes) is 28. The maximum absolute atomic E-state index is 12.9. The Hall–Kier alpha value is -3.41. The van der Waals surface area contributed by atoms with Gasteiger partial charge in [0.15, 0.2) is 6.10 Å². The Morgan fingerprint density at radius 2 is 0.571 bits per heavy atom. The maximum Gasteiger partial charge on any atom is 0.306 e. The van der Waals surface area contributed by atoms with Gasteiger partial charge in [-0.3, -0.25) is 14.4 Å². The summed E-state index contributed by atoms with van der Waals surface area (Å²) >= 11 is 0. The molecular weight excluding hydrogens is 865 g/mol. The third kappa shape index (κ3) is 55.5. The quantitative estimate of drug-likeness (QED) is 0.0261. The SMILES string of the molecule is CC/C=C\C/C=C\C/C=C\C/C=C\CCCCCCCCCCCCC(=O)OCC(COC(=O)CCCCCCC/C=C\CCCC)OC(=O)CCCCCCCCC/C=C\C/C=C\CCCCCC. The van der Waals surface area contributed by atoms with Crippen molar-refractivity contribution in [1.29, 1.82) is 0 Å². The smallest absolute Gasteiger partial charge is 0.306 e. The highest BCUT2D eigenvalue weighted by atomic mass is 16.6. The molecule has 0 saturated carbocycles. The first-order valence-electron chi connectivity index (χ1n) is 29.6. The van der Waals surface area contributed by atoms with Crippen molar-refractivity contribution in [3.63, 3.8) is 0 Å². The van der Waals surface area contributed by atoms with Gasteiger partial charge in [0, 0.05) is 19.3 Å². The maximum atomic E-state index is 12.9. The van der Waals surface area contributed by atoms with Crippen LogP contribution in [0.2, 0.25) is 0 Å². The Balaban J connectivity index is 4.32. The van der Waals surface area contributed by atoms with Crippen molar-refractivity contribution >= 4 is 17.9 Å². The summed E-state index contributed by atoms with van der Waals surface area (Å²) in [4.78, 5) is 38.2. The zero-order chi connectivity index (χ0) is 50.7. The summed E-state index contributed by atoms with van der Waals surface area (Å²) in [6.07, 6.45) is 75.8. The molecule has 0 N–H and O–H groups in total. The van der Waals surface area contributed by atoms with Crippen molar-refractivity contribution in [2.24, 2.45) is 0 Å². The molecule has 1 atom stereocenters. The summed E-state index contributed by atoms with van der Waals surface area (Å²) in [5.74, 6) is -0.899. The van der Waals surface area contributed by atoms with E-state index in [4.69, 9.17) is 14.2 Å². The lowest BCUT2D eigenvalue weighted by Crippen LogP contribution is -2.30. The van der Waals surface area contributed by atoms with Gasteiger partial charge in [0.05, 0.1) is 0 Å². The van der Waals surface area contributed by atoms with Crippen LogP contribution in [-0.4, -0.2) is 37.2 Å². The summed E-state index contributed by atoms with van der Waals surface area (Å²) in [7, 11) is 0. The fourth-order valence-electron chi connectivity index (χ4n) is 8.15. The van der Waals surface area contributed by atoms with Crippen LogP contribution >= 0.6 is 0 Å². The van der Waals surface area contributed by atoms with Crippen LogP contribution in [0.5, 0.6) is 0 Å². The van der Waals surface area contributed by atoms with Crippen molar-refractivity contribution in [3.8, 4) is 0 Å². The summed E-state index contributed by atoms with van der Waals surface area (Å²) in [5, 5.41) is 0. The van der Waals surface area contributed by atoms with Crippen molar-refractivity contribution < 1.29 is 28.6 Å². The van der Waals surface area contributed by atoms with E-state index < -0.39 is 6.10 Å². The van der Waals surface area contributed by atoms with E-state index in [1.165, 1.54) is 141 Å². The molecule has 6 nitrogen and oxygen atoms in total. The molecule has 0 saturated heterocycles. The number of carbonyl (C=O) groups excluding carboxylic acids is 3. The van der Waals surface area contributed by atoms with Crippen LogP contribution in [0, 0.1) is 0 Å². The average Bonchev–Trinajstić information content (AvgIpc) is 3.36. The predicted octanol–water partition coefficient (Wildman–Crippen LogP) is 19.9. The van der Waals surface area contributed by atoms with E-state index in [9.17, 15) is 14.4 Å².